The lowest BCUT2D eigenvalue weighted by Gasteiger charge is -2.31. The molecule has 1 aliphatic rings. The number of para-hydroxylation sites is 1. The quantitative estimate of drug-likeness (QED) is 0.859. The summed E-state index contributed by atoms with van der Waals surface area (Å²) >= 11 is 0. The molecule has 0 radical (unpaired) electrons. The smallest absolute Gasteiger partial charge is 0.307 e. The number of nitrogens with zero attached hydrogens (tertiary/aromatic N) is 2. The van der Waals surface area contributed by atoms with E-state index in [-0.39, 0.29) is 18.4 Å². The highest BCUT2D eigenvalue weighted by molar-refractivity contribution is 5.78. The number of rotatable bonds is 6. The van der Waals surface area contributed by atoms with Crippen molar-refractivity contribution < 1.29 is 19.4 Å². The number of carbonyl (C=O) groups is 2. The number of carboxylic acid groups (broad SMARTS) is 1. The van der Waals surface area contributed by atoms with Crippen molar-refractivity contribution in [2.75, 3.05) is 33.8 Å². The molecule has 1 saturated heterocycles. The van der Waals surface area contributed by atoms with E-state index in [0.717, 1.165) is 24.3 Å². The fourth-order valence-corrected chi connectivity index (χ4v) is 2.89. The summed E-state index contributed by atoms with van der Waals surface area (Å²) in [5.41, 5.74) is 0.952. The highest BCUT2D eigenvalue weighted by Crippen LogP contribution is 2.20. The molecule has 1 atom stereocenters. The number of amides is 1. The zero-order chi connectivity index (χ0) is 16.8. The Morgan fingerprint density at radius 3 is 2.83 bits per heavy atom. The molecular formula is C17H24N2O4. The van der Waals surface area contributed by atoms with Gasteiger partial charge in [0.05, 0.1) is 19.6 Å². The SMILES string of the molecule is COc1ccccc1CN(C)C(=O)CN1CCCC(C(=O)O)C1. The van der Waals surface area contributed by atoms with Crippen molar-refractivity contribution in [1.29, 1.82) is 0 Å². The number of carboxylic acids is 1. The molecule has 1 fully saturated rings. The van der Waals surface area contributed by atoms with Crippen molar-refractivity contribution >= 4 is 11.9 Å². The van der Waals surface area contributed by atoms with Gasteiger partial charge in [-0.3, -0.25) is 14.5 Å². The van der Waals surface area contributed by atoms with Crippen LogP contribution in [0, 0.1) is 5.92 Å². The van der Waals surface area contributed by atoms with Crippen LogP contribution in [0.3, 0.4) is 0 Å². The van der Waals surface area contributed by atoms with Gasteiger partial charge in [0.2, 0.25) is 5.91 Å². The van der Waals surface area contributed by atoms with Crippen LogP contribution in [-0.2, 0) is 16.1 Å². The van der Waals surface area contributed by atoms with Crippen molar-refractivity contribution in [3.05, 3.63) is 29.8 Å². The molecule has 6 heteroatoms. The number of piperidine rings is 1. The Labute approximate surface area is 136 Å². The van der Waals surface area contributed by atoms with Crippen LogP contribution in [0.4, 0.5) is 0 Å². The maximum absolute atomic E-state index is 12.4. The number of likely N-dealkylation sites (tertiary alicyclic amines) is 1. The first-order chi connectivity index (χ1) is 11.0. The predicted octanol–water partition coefficient (Wildman–Crippen LogP) is 1.45. The molecule has 1 amide bonds. The molecule has 1 aromatic carbocycles. The van der Waals surface area contributed by atoms with Gasteiger partial charge in [-0.05, 0) is 25.5 Å². The number of benzene rings is 1. The van der Waals surface area contributed by atoms with Crippen LogP contribution in [0.25, 0.3) is 0 Å². The van der Waals surface area contributed by atoms with Gasteiger partial charge in [0.25, 0.3) is 0 Å². The first-order valence-electron chi connectivity index (χ1n) is 7.82. The summed E-state index contributed by atoms with van der Waals surface area (Å²) in [7, 11) is 3.37. The van der Waals surface area contributed by atoms with Crippen LogP contribution in [0.2, 0.25) is 0 Å². The van der Waals surface area contributed by atoms with Crippen LogP contribution < -0.4 is 4.74 Å². The van der Waals surface area contributed by atoms with Crippen LogP contribution in [0.5, 0.6) is 5.75 Å². The summed E-state index contributed by atoms with van der Waals surface area (Å²) < 4.78 is 5.30. The first kappa shape index (κ1) is 17.3. The summed E-state index contributed by atoms with van der Waals surface area (Å²) in [5, 5.41) is 9.12. The van der Waals surface area contributed by atoms with E-state index in [9.17, 15) is 9.59 Å². The first-order valence-corrected chi connectivity index (χ1v) is 7.82. The highest BCUT2D eigenvalue weighted by atomic mass is 16.5. The van der Waals surface area contributed by atoms with E-state index in [4.69, 9.17) is 9.84 Å². The van der Waals surface area contributed by atoms with E-state index < -0.39 is 5.97 Å². The standard InChI is InChI=1S/C17H24N2O4/c1-18(10-13-6-3-4-8-15(13)23-2)16(20)12-19-9-5-7-14(11-19)17(21)22/h3-4,6,8,14H,5,7,9-12H2,1-2H3,(H,21,22). The largest absolute Gasteiger partial charge is 0.496 e. The second-order valence-corrected chi connectivity index (χ2v) is 5.97. The lowest BCUT2D eigenvalue weighted by molar-refractivity contribution is -0.144. The average Bonchev–Trinajstić information content (AvgIpc) is 2.55. The third kappa shape index (κ3) is 4.69. The lowest BCUT2D eigenvalue weighted by atomic mass is 9.98. The zero-order valence-electron chi connectivity index (χ0n) is 13.7. The van der Waals surface area contributed by atoms with Crippen molar-refractivity contribution in [1.82, 2.24) is 9.80 Å². The third-order valence-electron chi connectivity index (χ3n) is 4.24. The maximum atomic E-state index is 12.4. The Kier molecular flexibility index (Phi) is 5.98. The molecule has 6 nitrogen and oxygen atoms in total. The number of carbonyl (C=O) groups excluding carboxylic acids is 1. The van der Waals surface area contributed by atoms with Crippen LogP contribution in [-0.4, -0.2) is 60.6 Å². The lowest BCUT2D eigenvalue weighted by Crippen LogP contribution is -2.44. The Balaban J connectivity index is 1.91. The Morgan fingerprint density at radius 1 is 1.39 bits per heavy atom. The topological polar surface area (TPSA) is 70.1 Å². The number of hydrogen-bond acceptors (Lipinski definition) is 4. The summed E-state index contributed by atoms with van der Waals surface area (Å²) in [6.45, 7) is 1.95. The summed E-state index contributed by atoms with van der Waals surface area (Å²) in [5.74, 6) is -0.390. The predicted molar refractivity (Wildman–Crippen MR) is 86.3 cm³/mol. The van der Waals surface area contributed by atoms with Gasteiger partial charge < -0.3 is 14.7 Å². The second kappa shape index (κ2) is 7.97. The van der Waals surface area contributed by atoms with Crippen LogP contribution in [0.1, 0.15) is 18.4 Å². The summed E-state index contributed by atoms with van der Waals surface area (Å²) in [4.78, 5) is 27.1. The minimum Gasteiger partial charge on any atom is -0.496 e. The fourth-order valence-electron chi connectivity index (χ4n) is 2.89. The van der Waals surface area contributed by atoms with Gasteiger partial charge in [0.15, 0.2) is 0 Å². The van der Waals surface area contributed by atoms with Crippen molar-refractivity contribution in [3.8, 4) is 5.75 Å². The Hall–Kier alpha value is -2.08. The average molecular weight is 320 g/mol. The number of methoxy groups -OCH3 is 1. The van der Waals surface area contributed by atoms with Gasteiger partial charge in [-0.25, -0.2) is 0 Å². The molecule has 1 N–H and O–H groups in total. The van der Waals surface area contributed by atoms with Gasteiger partial charge in [-0.15, -0.1) is 0 Å². The molecule has 2 rings (SSSR count). The summed E-state index contributed by atoms with van der Waals surface area (Å²) in [6.07, 6.45) is 1.51. The van der Waals surface area contributed by atoms with Gasteiger partial charge in [0.1, 0.15) is 5.75 Å². The van der Waals surface area contributed by atoms with E-state index in [1.54, 1.807) is 19.1 Å². The van der Waals surface area contributed by atoms with Gasteiger partial charge >= 0.3 is 5.97 Å². The number of hydrogen-bond donors (Lipinski definition) is 1. The van der Waals surface area contributed by atoms with E-state index in [1.165, 1.54) is 0 Å². The number of aliphatic carboxylic acids is 1. The minimum atomic E-state index is -0.774. The van der Waals surface area contributed by atoms with E-state index >= 15 is 0 Å². The zero-order valence-corrected chi connectivity index (χ0v) is 13.7. The number of ether oxygens (including phenoxy) is 1. The van der Waals surface area contributed by atoms with Crippen molar-refractivity contribution in [3.63, 3.8) is 0 Å². The molecule has 126 valence electrons. The van der Waals surface area contributed by atoms with Crippen LogP contribution in [0.15, 0.2) is 24.3 Å². The highest BCUT2D eigenvalue weighted by Gasteiger charge is 2.27. The molecular weight excluding hydrogens is 296 g/mol. The second-order valence-electron chi connectivity index (χ2n) is 5.97. The molecule has 0 bridgehead atoms. The molecule has 0 spiro atoms. The van der Waals surface area contributed by atoms with Gasteiger partial charge in [-0.2, -0.15) is 0 Å². The van der Waals surface area contributed by atoms with E-state index in [0.29, 0.717) is 19.5 Å². The summed E-state index contributed by atoms with van der Waals surface area (Å²) in [6, 6.07) is 7.61. The Bertz CT molecular complexity index is 561. The monoisotopic (exact) mass is 320 g/mol. The normalized spacial score (nSPS) is 18.4. The molecule has 1 unspecified atom stereocenters. The van der Waals surface area contributed by atoms with Crippen molar-refractivity contribution in [2.45, 2.75) is 19.4 Å². The molecule has 0 aromatic heterocycles. The maximum Gasteiger partial charge on any atom is 0.307 e. The van der Waals surface area contributed by atoms with Crippen LogP contribution >= 0.6 is 0 Å². The van der Waals surface area contributed by atoms with Gasteiger partial charge in [0, 0.05) is 25.7 Å². The number of likely N-dealkylation sites (N-methyl/N-ethyl adjacent to an activating group) is 1. The minimum absolute atomic E-state index is 0.0121. The molecule has 1 aromatic rings. The van der Waals surface area contributed by atoms with E-state index in [1.807, 2.05) is 29.2 Å². The van der Waals surface area contributed by atoms with Gasteiger partial charge in [-0.1, -0.05) is 18.2 Å². The molecule has 1 heterocycles. The van der Waals surface area contributed by atoms with Crippen molar-refractivity contribution in [2.24, 2.45) is 5.92 Å². The third-order valence-corrected chi connectivity index (χ3v) is 4.24. The Morgan fingerprint density at radius 2 is 2.13 bits per heavy atom. The van der Waals surface area contributed by atoms with E-state index in [2.05, 4.69) is 0 Å². The molecule has 0 saturated carbocycles. The molecule has 1 aliphatic heterocycles. The molecule has 23 heavy (non-hydrogen) atoms. The fraction of sp³-hybridized carbons (Fsp3) is 0.529. The molecule has 0 aliphatic carbocycles.